The van der Waals surface area contributed by atoms with E-state index in [1.165, 1.54) is 4.31 Å². The molecule has 2 saturated heterocycles. The van der Waals surface area contributed by atoms with Crippen LogP contribution in [0.5, 0.6) is 0 Å². The summed E-state index contributed by atoms with van der Waals surface area (Å²) in [6, 6.07) is 3.16. The molecular formula is C15H22N4O4S. The van der Waals surface area contributed by atoms with Crippen molar-refractivity contribution in [3.63, 3.8) is 0 Å². The number of carboxylic acids is 1. The van der Waals surface area contributed by atoms with Crippen molar-refractivity contribution >= 4 is 21.8 Å². The van der Waals surface area contributed by atoms with Crippen molar-refractivity contribution in [3.8, 4) is 0 Å². The van der Waals surface area contributed by atoms with Gasteiger partial charge in [-0.25, -0.2) is 8.42 Å². The molecule has 0 aliphatic carbocycles. The van der Waals surface area contributed by atoms with Gasteiger partial charge in [0.1, 0.15) is 5.41 Å². The number of carbonyl (C=O) groups is 1. The van der Waals surface area contributed by atoms with E-state index in [-0.39, 0.29) is 6.54 Å². The molecule has 8 nitrogen and oxygen atoms in total. The van der Waals surface area contributed by atoms with Crippen LogP contribution >= 0.6 is 0 Å². The Morgan fingerprint density at radius 2 is 2.08 bits per heavy atom. The van der Waals surface area contributed by atoms with E-state index in [4.69, 9.17) is 0 Å². The number of piperidine rings is 2. The fourth-order valence-corrected chi connectivity index (χ4v) is 5.15. The topological polar surface area (TPSA) is 104 Å². The van der Waals surface area contributed by atoms with Crippen LogP contribution in [-0.2, 0) is 14.8 Å². The van der Waals surface area contributed by atoms with E-state index >= 15 is 0 Å². The van der Waals surface area contributed by atoms with Crippen LogP contribution in [0.2, 0.25) is 0 Å². The van der Waals surface area contributed by atoms with Gasteiger partial charge in [-0.3, -0.25) is 4.79 Å². The second-order valence-corrected chi connectivity index (χ2v) is 8.63. The molecule has 132 valence electrons. The highest BCUT2D eigenvalue weighted by molar-refractivity contribution is 7.88. The molecule has 1 aromatic rings. The summed E-state index contributed by atoms with van der Waals surface area (Å²) in [5.41, 5.74) is -0.311. The number of aromatic nitrogens is 2. The number of sulfonamides is 1. The number of hydrogen-bond acceptors (Lipinski definition) is 6. The van der Waals surface area contributed by atoms with Gasteiger partial charge in [-0.05, 0) is 38.3 Å². The first kappa shape index (κ1) is 17.1. The summed E-state index contributed by atoms with van der Waals surface area (Å²) in [6.45, 7) is 3.04. The molecule has 24 heavy (non-hydrogen) atoms. The number of nitrogens with zero attached hydrogens (tertiary/aromatic N) is 4. The number of anilines is 1. The number of hydrogen-bond donors (Lipinski definition) is 1. The molecular weight excluding hydrogens is 332 g/mol. The zero-order valence-corrected chi connectivity index (χ0v) is 14.7. The summed E-state index contributed by atoms with van der Waals surface area (Å²) >= 11 is 0. The van der Waals surface area contributed by atoms with E-state index in [0.717, 1.165) is 11.9 Å². The number of carboxylic acid groups (broad SMARTS) is 1. The fraction of sp³-hybridized carbons (Fsp3) is 0.667. The van der Waals surface area contributed by atoms with Crippen LogP contribution in [0.1, 0.15) is 25.0 Å². The van der Waals surface area contributed by atoms with Gasteiger partial charge in [-0.1, -0.05) is 0 Å². The lowest BCUT2D eigenvalue weighted by atomic mass is 9.70. The SMILES string of the molecule is Cc1ccc(N2CC[C@H]3N(S(C)(=O)=O)CCC[C@]3(C(=O)O)C2)nn1. The van der Waals surface area contributed by atoms with E-state index in [9.17, 15) is 18.3 Å². The first-order valence-electron chi connectivity index (χ1n) is 7.99. The molecule has 0 aromatic carbocycles. The normalized spacial score (nSPS) is 28.4. The van der Waals surface area contributed by atoms with Gasteiger partial charge in [0, 0.05) is 25.7 Å². The van der Waals surface area contributed by atoms with Crippen LogP contribution in [0.4, 0.5) is 5.82 Å². The molecule has 2 atom stereocenters. The van der Waals surface area contributed by atoms with Crippen LogP contribution in [0.15, 0.2) is 12.1 Å². The summed E-state index contributed by atoms with van der Waals surface area (Å²) in [6.07, 6.45) is 2.63. The van der Waals surface area contributed by atoms with E-state index in [1.54, 1.807) is 0 Å². The van der Waals surface area contributed by atoms with Gasteiger partial charge in [0.15, 0.2) is 5.82 Å². The summed E-state index contributed by atoms with van der Waals surface area (Å²) in [4.78, 5) is 14.0. The van der Waals surface area contributed by atoms with Crippen LogP contribution in [0, 0.1) is 12.3 Å². The highest BCUT2D eigenvalue weighted by Gasteiger charge is 2.55. The quantitative estimate of drug-likeness (QED) is 0.842. The Labute approximate surface area is 141 Å². The minimum absolute atomic E-state index is 0.247. The van der Waals surface area contributed by atoms with E-state index < -0.39 is 27.4 Å². The standard InChI is InChI=1S/C15H22N4O4S/c1-11-4-5-13(17-16-11)18-9-6-12-15(10-18,14(20)21)7-3-8-19(12)24(2,22)23/h4-5,12H,3,6-10H2,1-2H3,(H,20,21)/t12-,15+/m1/s1. The maximum absolute atomic E-state index is 12.1. The zero-order chi connectivity index (χ0) is 17.5. The van der Waals surface area contributed by atoms with Crippen molar-refractivity contribution < 1.29 is 18.3 Å². The number of rotatable bonds is 3. The van der Waals surface area contributed by atoms with E-state index in [1.807, 2.05) is 24.0 Å². The second-order valence-electron chi connectivity index (χ2n) is 6.70. The lowest BCUT2D eigenvalue weighted by Crippen LogP contribution is -2.65. The number of aliphatic carboxylic acids is 1. The fourth-order valence-electron chi connectivity index (χ4n) is 3.92. The van der Waals surface area contributed by atoms with Gasteiger partial charge < -0.3 is 10.0 Å². The predicted molar refractivity (Wildman–Crippen MR) is 88.2 cm³/mol. The molecule has 1 aromatic heterocycles. The van der Waals surface area contributed by atoms with Gasteiger partial charge in [0.25, 0.3) is 0 Å². The third-order valence-electron chi connectivity index (χ3n) is 5.09. The molecule has 1 N–H and O–H groups in total. The van der Waals surface area contributed by atoms with Crippen LogP contribution < -0.4 is 4.90 Å². The van der Waals surface area contributed by atoms with Gasteiger partial charge in [0.2, 0.25) is 10.0 Å². The Bertz CT molecular complexity index is 736. The molecule has 0 spiro atoms. The zero-order valence-electron chi connectivity index (χ0n) is 13.8. The molecule has 0 bridgehead atoms. The third kappa shape index (κ3) is 2.86. The minimum atomic E-state index is -3.43. The lowest BCUT2D eigenvalue weighted by Gasteiger charge is -2.52. The Hall–Kier alpha value is -1.74. The molecule has 3 heterocycles. The average Bonchev–Trinajstić information content (AvgIpc) is 2.53. The summed E-state index contributed by atoms with van der Waals surface area (Å²) < 4.78 is 25.6. The molecule has 0 amide bonds. The maximum Gasteiger partial charge on any atom is 0.313 e. The van der Waals surface area contributed by atoms with Crippen LogP contribution in [-0.4, -0.2) is 65.9 Å². The summed E-state index contributed by atoms with van der Waals surface area (Å²) in [5.74, 6) is -0.304. The van der Waals surface area contributed by atoms with Crippen LogP contribution in [0.3, 0.4) is 0 Å². The highest BCUT2D eigenvalue weighted by atomic mass is 32.2. The minimum Gasteiger partial charge on any atom is -0.481 e. The smallest absolute Gasteiger partial charge is 0.313 e. The van der Waals surface area contributed by atoms with Crippen molar-refractivity contribution in [2.24, 2.45) is 5.41 Å². The Morgan fingerprint density at radius 1 is 1.33 bits per heavy atom. The molecule has 2 fully saturated rings. The highest BCUT2D eigenvalue weighted by Crippen LogP contribution is 2.43. The molecule has 2 aliphatic heterocycles. The Morgan fingerprint density at radius 3 is 2.67 bits per heavy atom. The average molecular weight is 354 g/mol. The van der Waals surface area contributed by atoms with Crippen molar-refractivity contribution in [2.45, 2.75) is 32.2 Å². The van der Waals surface area contributed by atoms with Crippen molar-refractivity contribution in [2.75, 3.05) is 30.8 Å². The Balaban J connectivity index is 1.95. The molecule has 0 radical (unpaired) electrons. The van der Waals surface area contributed by atoms with Crippen molar-refractivity contribution in [1.82, 2.24) is 14.5 Å². The summed E-state index contributed by atoms with van der Waals surface area (Å²) in [5, 5.41) is 18.1. The molecule has 0 saturated carbocycles. The van der Waals surface area contributed by atoms with E-state index in [0.29, 0.717) is 38.2 Å². The number of fused-ring (bicyclic) bond motifs is 1. The molecule has 2 aliphatic rings. The van der Waals surface area contributed by atoms with E-state index in [2.05, 4.69) is 10.2 Å². The maximum atomic E-state index is 12.1. The number of aryl methyl sites for hydroxylation is 1. The van der Waals surface area contributed by atoms with Crippen molar-refractivity contribution in [1.29, 1.82) is 0 Å². The van der Waals surface area contributed by atoms with Gasteiger partial charge in [-0.15, -0.1) is 5.10 Å². The van der Waals surface area contributed by atoms with Crippen LogP contribution in [0.25, 0.3) is 0 Å². The van der Waals surface area contributed by atoms with Gasteiger partial charge in [0.05, 0.1) is 11.9 Å². The Kier molecular flexibility index (Phi) is 4.25. The third-order valence-corrected chi connectivity index (χ3v) is 6.38. The molecule has 3 rings (SSSR count). The van der Waals surface area contributed by atoms with Gasteiger partial charge in [-0.2, -0.15) is 9.40 Å². The van der Waals surface area contributed by atoms with Crippen molar-refractivity contribution in [3.05, 3.63) is 17.8 Å². The molecule has 9 heteroatoms. The largest absolute Gasteiger partial charge is 0.481 e. The first-order valence-corrected chi connectivity index (χ1v) is 9.84. The summed E-state index contributed by atoms with van der Waals surface area (Å²) in [7, 11) is -3.43. The lowest BCUT2D eigenvalue weighted by molar-refractivity contribution is -0.155. The monoisotopic (exact) mass is 354 g/mol. The second kappa shape index (κ2) is 5.96. The van der Waals surface area contributed by atoms with Gasteiger partial charge >= 0.3 is 5.97 Å². The first-order chi connectivity index (χ1) is 11.2. The predicted octanol–water partition coefficient (Wildman–Crippen LogP) is 0.490. The molecule has 0 unspecified atom stereocenters.